The van der Waals surface area contributed by atoms with Gasteiger partial charge in [-0.1, -0.05) is 6.07 Å². The lowest BCUT2D eigenvalue weighted by atomic mass is 9.79. The first-order chi connectivity index (χ1) is 13.3. The number of pyridine rings is 1. The van der Waals surface area contributed by atoms with Gasteiger partial charge in [-0.3, -0.25) is 0 Å². The lowest BCUT2D eigenvalue weighted by Gasteiger charge is -2.53. The van der Waals surface area contributed by atoms with Crippen LogP contribution >= 0.6 is 0 Å². The molecule has 5 heterocycles. The summed E-state index contributed by atoms with van der Waals surface area (Å²) in [4.78, 5) is 6.46. The summed E-state index contributed by atoms with van der Waals surface area (Å²) in [5, 5.41) is 12.5. The van der Waals surface area contributed by atoms with Gasteiger partial charge in [0.25, 0.3) is 0 Å². The van der Waals surface area contributed by atoms with Crippen LogP contribution in [0.5, 0.6) is 5.88 Å². The van der Waals surface area contributed by atoms with Crippen LogP contribution in [0.15, 0.2) is 42.9 Å². The maximum Gasteiger partial charge on any atom is 0.213 e. The van der Waals surface area contributed by atoms with E-state index >= 15 is 0 Å². The molecule has 8 heteroatoms. The normalized spacial score (nSPS) is 21.3. The van der Waals surface area contributed by atoms with Gasteiger partial charge in [0.15, 0.2) is 5.65 Å². The Balaban J connectivity index is 1.15. The molecule has 0 bridgehead atoms. The maximum absolute atomic E-state index is 6.17. The van der Waals surface area contributed by atoms with E-state index in [0.29, 0.717) is 18.4 Å². The fraction of sp³-hybridized carbons (Fsp3) is 0.474. The van der Waals surface area contributed by atoms with Crippen molar-refractivity contribution in [3.05, 3.63) is 42.9 Å². The van der Waals surface area contributed by atoms with Crippen molar-refractivity contribution >= 4 is 11.5 Å². The van der Waals surface area contributed by atoms with Crippen molar-refractivity contribution < 1.29 is 9.47 Å². The summed E-state index contributed by atoms with van der Waals surface area (Å²) >= 11 is 0. The first kappa shape index (κ1) is 16.4. The van der Waals surface area contributed by atoms with Gasteiger partial charge in [0, 0.05) is 18.9 Å². The molecule has 0 amide bonds. The van der Waals surface area contributed by atoms with Crippen LogP contribution in [-0.2, 0) is 4.74 Å². The third kappa shape index (κ3) is 3.32. The van der Waals surface area contributed by atoms with Gasteiger partial charge in [-0.2, -0.15) is 4.52 Å². The number of fused-ring (bicyclic) bond motifs is 1. The maximum atomic E-state index is 6.17. The quantitative estimate of drug-likeness (QED) is 0.683. The van der Waals surface area contributed by atoms with Gasteiger partial charge in [-0.15, -0.1) is 15.3 Å². The highest BCUT2D eigenvalue weighted by molar-refractivity contribution is 5.48. The van der Waals surface area contributed by atoms with Gasteiger partial charge >= 0.3 is 0 Å². The molecule has 27 heavy (non-hydrogen) atoms. The van der Waals surface area contributed by atoms with Crippen molar-refractivity contribution in [1.82, 2.24) is 24.8 Å². The molecule has 0 N–H and O–H groups in total. The molecule has 3 aromatic heterocycles. The van der Waals surface area contributed by atoms with E-state index in [1.54, 1.807) is 17.0 Å². The standard InChI is InChI=1S/C19H22N6O2/c1-2-8-20-18(3-1)26-9-6-15-7-10-27-19(11-15)12-24(13-19)17-5-4-16-22-21-14-25(16)23-17/h1-5,8,14-15H,6-7,9-13H2. The molecule has 5 rings (SSSR count). The molecule has 0 saturated carbocycles. The molecule has 0 radical (unpaired) electrons. The average Bonchev–Trinajstić information content (AvgIpc) is 3.15. The van der Waals surface area contributed by atoms with Gasteiger partial charge in [-0.25, -0.2) is 4.98 Å². The molecule has 1 unspecified atom stereocenters. The highest BCUT2D eigenvalue weighted by atomic mass is 16.5. The van der Waals surface area contributed by atoms with Crippen molar-refractivity contribution in [3.63, 3.8) is 0 Å². The van der Waals surface area contributed by atoms with Crippen molar-refractivity contribution in [3.8, 4) is 5.88 Å². The minimum absolute atomic E-state index is 0.0439. The molecule has 0 aliphatic carbocycles. The number of aromatic nitrogens is 5. The summed E-state index contributed by atoms with van der Waals surface area (Å²) in [5.74, 6) is 2.26. The highest BCUT2D eigenvalue weighted by Gasteiger charge is 2.48. The predicted octanol–water partition coefficient (Wildman–Crippen LogP) is 1.97. The van der Waals surface area contributed by atoms with E-state index in [9.17, 15) is 0 Å². The van der Waals surface area contributed by atoms with Gasteiger partial charge in [0.1, 0.15) is 17.7 Å². The Morgan fingerprint density at radius 3 is 3.07 bits per heavy atom. The van der Waals surface area contributed by atoms with Crippen molar-refractivity contribution in [1.29, 1.82) is 0 Å². The Labute approximate surface area is 157 Å². The van der Waals surface area contributed by atoms with E-state index in [1.807, 2.05) is 30.3 Å². The number of ether oxygens (including phenoxy) is 2. The van der Waals surface area contributed by atoms with Crippen LogP contribution in [-0.4, -0.2) is 56.7 Å². The first-order valence-corrected chi connectivity index (χ1v) is 9.40. The highest BCUT2D eigenvalue weighted by Crippen LogP contribution is 2.39. The summed E-state index contributed by atoms with van der Waals surface area (Å²) in [6.07, 6.45) is 6.59. The van der Waals surface area contributed by atoms with Gasteiger partial charge in [0.2, 0.25) is 5.88 Å². The predicted molar refractivity (Wildman–Crippen MR) is 98.8 cm³/mol. The first-order valence-electron chi connectivity index (χ1n) is 9.40. The summed E-state index contributed by atoms with van der Waals surface area (Å²) in [5.41, 5.74) is 0.716. The van der Waals surface area contributed by atoms with Crippen molar-refractivity contribution in [2.75, 3.05) is 31.2 Å². The zero-order chi connectivity index (χ0) is 18.1. The van der Waals surface area contributed by atoms with Crippen molar-refractivity contribution in [2.45, 2.75) is 24.9 Å². The smallest absolute Gasteiger partial charge is 0.213 e. The van der Waals surface area contributed by atoms with Crippen LogP contribution in [0.4, 0.5) is 5.82 Å². The second-order valence-corrected chi connectivity index (χ2v) is 7.38. The minimum Gasteiger partial charge on any atom is -0.478 e. The monoisotopic (exact) mass is 366 g/mol. The van der Waals surface area contributed by atoms with Crippen LogP contribution < -0.4 is 9.64 Å². The number of hydrogen-bond donors (Lipinski definition) is 0. The van der Waals surface area contributed by atoms with Gasteiger partial charge < -0.3 is 14.4 Å². The largest absolute Gasteiger partial charge is 0.478 e. The van der Waals surface area contributed by atoms with Crippen LogP contribution in [0, 0.1) is 5.92 Å². The fourth-order valence-corrected chi connectivity index (χ4v) is 4.06. The molecular formula is C19H22N6O2. The van der Waals surface area contributed by atoms with E-state index in [4.69, 9.17) is 9.47 Å². The van der Waals surface area contributed by atoms with E-state index in [-0.39, 0.29) is 5.60 Å². The molecule has 2 aliphatic rings. The van der Waals surface area contributed by atoms with Gasteiger partial charge in [-0.05, 0) is 43.4 Å². The topological polar surface area (TPSA) is 77.7 Å². The lowest BCUT2D eigenvalue weighted by Crippen LogP contribution is -2.65. The SMILES string of the molecule is c1ccc(OCCC2CCOC3(C2)CN(c2ccc4nncn4n2)C3)nc1. The number of hydrogen-bond acceptors (Lipinski definition) is 7. The average molecular weight is 366 g/mol. The zero-order valence-electron chi connectivity index (χ0n) is 15.1. The Hall–Kier alpha value is -2.74. The molecule has 1 spiro atoms. The molecule has 140 valence electrons. The lowest BCUT2D eigenvalue weighted by molar-refractivity contribution is -0.115. The molecule has 1 atom stereocenters. The summed E-state index contributed by atoms with van der Waals surface area (Å²) in [6.45, 7) is 3.28. The van der Waals surface area contributed by atoms with Crippen LogP contribution in [0.25, 0.3) is 5.65 Å². The van der Waals surface area contributed by atoms with E-state index in [2.05, 4.69) is 25.2 Å². The summed E-state index contributed by atoms with van der Waals surface area (Å²) in [6, 6.07) is 9.68. The second-order valence-electron chi connectivity index (χ2n) is 7.38. The number of nitrogens with zero attached hydrogens (tertiary/aromatic N) is 6. The zero-order valence-corrected chi connectivity index (χ0v) is 15.1. The van der Waals surface area contributed by atoms with E-state index in [0.717, 1.165) is 50.4 Å². The second kappa shape index (κ2) is 6.77. The Kier molecular flexibility index (Phi) is 4.12. The van der Waals surface area contributed by atoms with Crippen LogP contribution in [0.2, 0.25) is 0 Å². The fourth-order valence-electron chi connectivity index (χ4n) is 4.06. The third-order valence-electron chi connectivity index (χ3n) is 5.44. The molecule has 2 aliphatic heterocycles. The minimum atomic E-state index is -0.0439. The summed E-state index contributed by atoms with van der Waals surface area (Å²) in [7, 11) is 0. The van der Waals surface area contributed by atoms with E-state index < -0.39 is 0 Å². The third-order valence-corrected chi connectivity index (χ3v) is 5.44. The molecular weight excluding hydrogens is 344 g/mol. The van der Waals surface area contributed by atoms with Crippen LogP contribution in [0.3, 0.4) is 0 Å². The number of rotatable bonds is 5. The Morgan fingerprint density at radius 2 is 2.19 bits per heavy atom. The molecule has 0 aromatic carbocycles. The Morgan fingerprint density at radius 1 is 1.22 bits per heavy atom. The van der Waals surface area contributed by atoms with Crippen LogP contribution in [0.1, 0.15) is 19.3 Å². The van der Waals surface area contributed by atoms with Gasteiger partial charge in [0.05, 0.1) is 19.7 Å². The molecule has 2 saturated heterocycles. The molecule has 8 nitrogen and oxygen atoms in total. The van der Waals surface area contributed by atoms with E-state index in [1.165, 1.54) is 0 Å². The summed E-state index contributed by atoms with van der Waals surface area (Å²) < 4.78 is 13.6. The molecule has 3 aromatic rings. The Bertz CT molecular complexity index is 909. The molecule has 2 fully saturated rings. The van der Waals surface area contributed by atoms with Crippen molar-refractivity contribution in [2.24, 2.45) is 5.92 Å². The number of anilines is 1.